The molecule has 126 valence electrons. The van der Waals surface area contributed by atoms with Crippen LogP contribution in [0, 0.1) is 5.92 Å². The van der Waals surface area contributed by atoms with Gasteiger partial charge in [-0.2, -0.15) is 0 Å². The Morgan fingerprint density at radius 2 is 1.91 bits per heavy atom. The lowest BCUT2D eigenvalue weighted by atomic mass is 10.0. The van der Waals surface area contributed by atoms with Crippen LogP contribution in [-0.2, 0) is 4.79 Å². The van der Waals surface area contributed by atoms with E-state index >= 15 is 0 Å². The highest BCUT2D eigenvalue weighted by Crippen LogP contribution is 2.32. The molecule has 1 heterocycles. The van der Waals surface area contributed by atoms with Crippen molar-refractivity contribution in [2.45, 2.75) is 32.7 Å². The lowest BCUT2D eigenvalue weighted by Crippen LogP contribution is -2.46. The molecule has 4 N–H and O–H groups in total. The third-order valence-corrected chi connectivity index (χ3v) is 3.36. The van der Waals surface area contributed by atoms with Gasteiger partial charge in [-0.05, 0) is 24.5 Å². The molecule has 0 aromatic heterocycles. The van der Waals surface area contributed by atoms with E-state index in [9.17, 15) is 9.59 Å². The van der Waals surface area contributed by atoms with Gasteiger partial charge in [-0.25, -0.2) is 4.79 Å². The van der Waals surface area contributed by atoms with Crippen LogP contribution in [0.15, 0.2) is 18.2 Å². The molecule has 1 aromatic rings. The van der Waals surface area contributed by atoms with Gasteiger partial charge in [0.1, 0.15) is 6.04 Å². The maximum atomic E-state index is 12.4. The Hall–Kier alpha value is -2.44. The third-order valence-electron chi connectivity index (χ3n) is 3.36. The van der Waals surface area contributed by atoms with Crippen molar-refractivity contribution in [2.75, 3.05) is 18.5 Å². The molecule has 0 spiro atoms. The number of fused-ring (bicyclic) bond motifs is 1. The highest BCUT2D eigenvalue weighted by atomic mass is 16.5. The SMILES string of the molecule is CC(C)C[C@@H](NC(N)=O)C(=O)Nc1ccc2c(c1)OCCCO2. The quantitative estimate of drug-likeness (QED) is 0.770. The van der Waals surface area contributed by atoms with Crippen molar-refractivity contribution >= 4 is 17.6 Å². The van der Waals surface area contributed by atoms with E-state index in [-0.39, 0.29) is 11.8 Å². The fourth-order valence-corrected chi connectivity index (χ4v) is 2.35. The second-order valence-electron chi connectivity index (χ2n) is 5.89. The second kappa shape index (κ2) is 7.71. The number of rotatable bonds is 5. The summed E-state index contributed by atoms with van der Waals surface area (Å²) in [5.41, 5.74) is 5.72. The summed E-state index contributed by atoms with van der Waals surface area (Å²) < 4.78 is 11.1. The number of hydrogen-bond donors (Lipinski definition) is 3. The van der Waals surface area contributed by atoms with Crippen LogP contribution in [-0.4, -0.2) is 31.2 Å². The van der Waals surface area contributed by atoms with E-state index in [0.29, 0.717) is 36.8 Å². The van der Waals surface area contributed by atoms with Crippen molar-refractivity contribution in [3.63, 3.8) is 0 Å². The first-order valence-corrected chi connectivity index (χ1v) is 7.72. The largest absolute Gasteiger partial charge is 0.490 e. The molecule has 7 heteroatoms. The van der Waals surface area contributed by atoms with Crippen molar-refractivity contribution in [3.8, 4) is 11.5 Å². The lowest BCUT2D eigenvalue weighted by molar-refractivity contribution is -0.118. The van der Waals surface area contributed by atoms with Gasteiger partial charge < -0.3 is 25.8 Å². The zero-order valence-electron chi connectivity index (χ0n) is 13.4. The van der Waals surface area contributed by atoms with Crippen LogP contribution in [0.25, 0.3) is 0 Å². The molecule has 1 aliphatic rings. The molecule has 1 aliphatic heterocycles. The minimum absolute atomic E-state index is 0.237. The molecule has 0 radical (unpaired) electrons. The average molecular weight is 321 g/mol. The number of carbonyl (C=O) groups is 2. The predicted molar refractivity (Wildman–Crippen MR) is 86.6 cm³/mol. The van der Waals surface area contributed by atoms with E-state index < -0.39 is 12.1 Å². The summed E-state index contributed by atoms with van der Waals surface area (Å²) in [7, 11) is 0. The molecule has 3 amide bonds. The summed E-state index contributed by atoms with van der Waals surface area (Å²) >= 11 is 0. The minimum atomic E-state index is -0.718. The number of amides is 3. The van der Waals surface area contributed by atoms with E-state index in [1.54, 1.807) is 18.2 Å². The number of ether oxygens (including phenoxy) is 2. The number of nitrogens with one attached hydrogen (secondary N) is 2. The maximum Gasteiger partial charge on any atom is 0.312 e. The number of benzene rings is 1. The molecular weight excluding hydrogens is 298 g/mol. The molecule has 0 unspecified atom stereocenters. The number of primary amides is 1. The van der Waals surface area contributed by atoms with Crippen LogP contribution in [0.3, 0.4) is 0 Å². The number of urea groups is 1. The highest BCUT2D eigenvalue weighted by Gasteiger charge is 2.21. The summed E-state index contributed by atoms with van der Waals surface area (Å²) in [5.74, 6) is 1.19. The molecule has 0 bridgehead atoms. The third kappa shape index (κ3) is 5.05. The highest BCUT2D eigenvalue weighted by molar-refractivity contribution is 5.97. The fraction of sp³-hybridized carbons (Fsp3) is 0.500. The van der Waals surface area contributed by atoms with Gasteiger partial charge in [0, 0.05) is 18.2 Å². The molecule has 1 atom stereocenters. The smallest absolute Gasteiger partial charge is 0.312 e. The molecule has 1 aromatic carbocycles. The Bertz CT molecular complexity index is 574. The van der Waals surface area contributed by atoms with Crippen LogP contribution >= 0.6 is 0 Å². The first kappa shape index (κ1) is 16.9. The van der Waals surface area contributed by atoms with Crippen molar-refractivity contribution in [3.05, 3.63) is 18.2 Å². The second-order valence-corrected chi connectivity index (χ2v) is 5.89. The molecule has 0 saturated carbocycles. The van der Waals surface area contributed by atoms with Crippen LogP contribution in [0.4, 0.5) is 10.5 Å². The summed E-state index contributed by atoms with van der Waals surface area (Å²) in [5, 5.41) is 5.25. The van der Waals surface area contributed by atoms with Gasteiger partial charge in [0.05, 0.1) is 13.2 Å². The van der Waals surface area contributed by atoms with Gasteiger partial charge in [-0.3, -0.25) is 4.79 Å². The number of hydrogen-bond acceptors (Lipinski definition) is 4. The summed E-state index contributed by atoms with van der Waals surface area (Å²) in [6.07, 6.45) is 1.31. The fourth-order valence-electron chi connectivity index (χ4n) is 2.35. The minimum Gasteiger partial charge on any atom is -0.490 e. The topological polar surface area (TPSA) is 103 Å². The van der Waals surface area contributed by atoms with Crippen LogP contribution < -0.4 is 25.8 Å². The van der Waals surface area contributed by atoms with Gasteiger partial charge in [0.25, 0.3) is 0 Å². The molecule has 2 rings (SSSR count). The van der Waals surface area contributed by atoms with Gasteiger partial charge in [-0.15, -0.1) is 0 Å². The maximum absolute atomic E-state index is 12.4. The van der Waals surface area contributed by atoms with E-state index in [1.165, 1.54) is 0 Å². The van der Waals surface area contributed by atoms with E-state index in [0.717, 1.165) is 6.42 Å². The first-order valence-electron chi connectivity index (χ1n) is 7.72. The molecule has 23 heavy (non-hydrogen) atoms. The zero-order chi connectivity index (χ0) is 16.8. The van der Waals surface area contributed by atoms with Crippen molar-refractivity contribution < 1.29 is 19.1 Å². The van der Waals surface area contributed by atoms with Crippen LogP contribution in [0.1, 0.15) is 26.7 Å². The Morgan fingerprint density at radius 1 is 1.22 bits per heavy atom. The summed E-state index contributed by atoms with van der Waals surface area (Å²) in [6, 6.07) is 3.82. The van der Waals surface area contributed by atoms with Gasteiger partial charge in [0.2, 0.25) is 5.91 Å². The molecule has 0 fully saturated rings. The van der Waals surface area contributed by atoms with E-state index in [4.69, 9.17) is 15.2 Å². The van der Waals surface area contributed by atoms with Gasteiger partial charge in [0.15, 0.2) is 11.5 Å². The predicted octanol–water partition coefficient (Wildman–Crippen LogP) is 1.87. The first-order chi connectivity index (χ1) is 11.0. The molecule has 7 nitrogen and oxygen atoms in total. The van der Waals surface area contributed by atoms with Crippen LogP contribution in [0.5, 0.6) is 11.5 Å². The zero-order valence-corrected chi connectivity index (χ0v) is 13.4. The molecule has 0 saturated heterocycles. The number of nitrogens with two attached hydrogens (primary N) is 1. The Balaban J connectivity index is 2.08. The number of carbonyl (C=O) groups excluding carboxylic acids is 2. The van der Waals surface area contributed by atoms with Gasteiger partial charge >= 0.3 is 6.03 Å². The average Bonchev–Trinajstić information content (AvgIpc) is 2.70. The molecular formula is C16H23N3O4. The molecule has 0 aliphatic carbocycles. The van der Waals surface area contributed by atoms with Crippen LogP contribution in [0.2, 0.25) is 0 Å². The Kier molecular flexibility index (Phi) is 5.67. The normalized spacial score (nSPS) is 14.7. The summed E-state index contributed by atoms with van der Waals surface area (Å²) in [6.45, 7) is 5.12. The van der Waals surface area contributed by atoms with Gasteiger partial charge in [-0.1, -0.05) is 13.8 Å². The number of anilines is 1. The van der Waals surface area contributed by atoms with Crippen molar-refractivity contribution in [2.24, 2.45) is 11.7 Å². The monoisotopic (exact) mass is 321 g/mol. The Morgan fingerprint density at radius 3 is 2.57 bits per heavy atom. The standard InChI is InChI=1S/C16H23N3O4/c1-10(2)8-12(19-16(17)21)15(20)18-11-4-5-13-14(9-11)23-7-3-6-22-13/h4-5,9-10,12H,3,6-8H2,1-2H3,(H,18,20)(H3,17,19,21)/t12-/m1/s1. The van der Waals surface area contributed by atoms with Crippen molar-refractivity contribution in [1.29, 1.82) is 0 Å². The van der Waals surface area contributed by atoms with E-state index in [2.05, 4.69) is 10.6 Å². The summed E-state index contributed by atoms with van der Waals surface area (Å²) in [4.78, 5) is 23.4. The Labute approximate surface area is 135 Å². The lowest BCUT2D eigenvalue weighted by Gasteiger charge is -2.19. The van der Waals surface area contributed by atoms with E-state index in [1.807, 2.05) is 13.8 Å². The van der Waals surface area contributed by atoms with Crippen molar-refractivity contribution in [1.82, 2.24) is 5.32 Å².